The number of hydrogen-bond donors (Lipinski definition) is 2. The molecule has 4 nitrogen and oxygen atoms in total. The van der Waals surface area contributed by atoms with E-state index in [4.69, 9.17) is 5.73 Å². The lowest BCUT2D eigenvalue weighted by Gasteiger charge is -2.12. The number of anilines is 1. The number of fused-ring (bicyclic) bond motifs is 1. The van der Waals surface area contributed by atoms with Crippen molar-refractivity contribution in [3.8, 4) is 11.3 Å². The van der Waals surface area contributed by atoms with Gasteiger partial charge in [-0.1, -0.05) is 0 Å². The van der Waals surface area contributed by atoms with Crippen molar-refractivity contribution in [3.63, 3.8) is 0 Å². The SMILES string of the molecule is Nc1nc(-c2c[nH]c3ncc(F)cc23)c(C(F)(F)F)cc1F. The summed E-state index contributed by atoms with van der Waals surface area (Å²) >= 11 is 0. The molecule has 0 bridgehead atoms. The van der Waals surface area contributed by atoms with E-state index in [9.17, 15) is 22.0 Å². The Morgan fingerprint density at radius 3 is 2.55 bits per heavy atom. The van der Waals surface area contributed by atoms with Gasteiger partial charge in [0, 0.05) is 17.1 Å². The van der Waals surface area contributed by atoms with E-state index in [1.807, 2.05) is 0 Å². The highest BCUT2D eigenvalue weighted by Gasteiger charge is 2.36. The summed E-state index contributed by atoms with van der Waals surface area (Å²) in [7, 11) is 0. The molecule has 22 heavy (non-hydrogen) atoms. The predicted octanol–water partition coefficient (Wildman–Crippen LogP) is 3.50. The van der Waals surface area contributed by atoms with Crippen LogP contribution in [0, 0.1) is 11.6 Å². The van der Waals surface area contributed by atoms with Crippen molar-refractivity contribution in [2.45, 2.75) is 6.18 Å². The Kier molecular flexibility index (Phi) is 3.01. The third kappa shape index (κ3) is 2.24. The largest absolute Gasteiger partial charge is 0.418 e. The maximum absolute atomic E-state index is 13.3. The van der Waals surface area contributed by atoms with E-state index in [1.54, 1.807) is 0 Å². The number of nitrogens with one attached hydrogen (secondary N) is 1. The van der Waals surface area contributed by atoms with Crippen LogP contribution < -0.4 is 5.73 Å². The van der Waals surface area contributed by atoms with Gasteiger partial charge >= 0.3 is 6.18 Å². The third-order valence-electron chi connectivity index (χ3n) is 3.06. The molecule has 0 saturated heterocycles. The highest BCUT2D eigenvalue weighted by atomic mass is 19.4. The van der Waals surface area contributed by atoms with Gasteiger partial charge in [0.25, 0.3) is 0 Å². The fourth-order valence-corrected chi connectivity index (χ4v) is 2.10. The Morgan fingerprint density at radius 2 is 1.86 bits per heavy atom. The van der Waals surface area contributed by atoms with E-state index in [1.165, 1.54) is 6.20 Å². The molecule has 0 aliphatic heterocycles. The highest BCUT2D eigenvalue weighted by molar-refractivity contribution is 5.93. The summed E-state index contributed by atoms with van der Waals surface area (Å²) in [6.45, 7) is 0. The smallest absolute Gasteiger partial charge is 0.381 e. The second-order valence-corrected chi connectivity index (χ2v) is 4.50. The number of hydrogen-bond acceptors (Lipinski definition) is 3. The molecule has 9 heteroatoms. The lowest BCUT2D eigenvalue weighted by atomic mass is 10.1. The molecule has 0 atom stereocenters. The van der Waals surface area contributed by atoms with Gasteiger partial charge < -0.3 is 10.7 Å². The van der Waals surface area contributed by atoms with Crippen LogP contribution in [0.4, 0.5) is 27.8 Å². The second kappa shape index (κ2) is 4.65. The lowest BCUT2D eigenvalue weighted by molar-refractivity contribution is -0.137. The number of halogens is 5. The fraction of sp³-hybridized carbons (Fsp3) is 0.0769. The number of nitrogens with two attached hydrogens (primary N) is 1. The summed E-state index contributed by atoms with van der Waals surface area (Å²) in [5.41, 5.74) is 3.47. The van der Waals surface area contributed by atoms with Crippen molar-refractivity contribution in [2.75, 3.05) is 5.73 Å². The molecule has 0 fully saturated rings. The van der Waals surface area contributed by atoms with Crippen molar-refractivity contribution in [1.29, 1.82) is 0 Å². The van der Waals surface area contributed by atoms with Crippen LogP contribution in [-0.2, 0) is 6.18 Å². The zero-order valence-electron chi connectivity index (χ0n) is 10.7. The molecule has 3 heterocycles. The first-order valence-corrected chi connectivity index (χ1v) is 5.93. The number of aromatic amines is 1. The predicted molar refractivity (Wildman–Crippen MR) is 68.7 cm³/mol. The van der Waals surface area contributed by atoms with Crippen LogP contribution in [0.25, 0.3) is 22.3 Å². The first-order chi connectivity index (χ1) is 10.3. The van der Waals surface area contributed by atoms with Crippen LogP contribution in [0.15, 0.2) is 24.5 Å². The zero-order valence-corrected chi connectivity index (χ0v) is 10.7. The van der Waals surface area contributed by atoms with Gasteiger partial charge in [-0.2, -0.15) is 13.2 Å². The molecule has 0 spiro atoms. The molecule has 0 saturated carbocycles. The van der Waals surface area contributed by atoms with Gasteiger partial charge in [0.05, 0.1) is 17.5 Å². The van der Waals surface area contributed by atoms with Gasteiger partial charge in [-0.3, -0.25) is 0 Å². The van der Waals surface area contributed by atoms with Gasteiger partial charge in [0.15, 0.2) is 11.6 Å². The Labute approximate surface area is 119 Å². The van der Waals surface area contributed by atoms with Crippen LogP contribution in [0.1, 0.15) is 5.56 Å². The molecule has 3 rings (SSSR count). The summed E-state index contributed by atoms with van der Waals surface area (Å²) in [4.78, 5) is 9.79. The monoisotopic (exact) mass is 314 g/mol. The van der Waals surface area contributed by atoms with Crippen LogP contribution in [0.2, 0.25) is 0 Å². The van der Waals surface area contributed by atoms with Crippen LogP contribution in [0.3, 0.4) is 0 Å². The van der Waals surface area contributed by atoms with Crippen molar-refractivity contribution in [3.05, 3.63) is 41.7 Å². The molecule has 3 N–H and O–H groups in total. The number of aromatic nitrogens is 3. The topological polar surface area (TPSA) is 67.6 Å². The number of alkyl halides is 3. The molecule has 3 aromatic heterocycles. The maximum Gasteiger partial charge on any atom is 0.418 e. The van der Waals surface area contributed by atoms with Crippen LogP contribution in [-0.4, -0.2) is 15.0 Å². The van der Waals surface area contributed by atoms with E-state index < -0.39 is 34.9 Å². The Balaban J connectivity index is 2.35. The minimum absolute atomic E-state index is 0.0685. The Hall–Kier alpha value is -2.71. The molecular formula is C13H7F5N4. The number of pyridine rings is 2. The van der Waals surface area contributed by atoms with Crippen molar-refractivity contribution < 1.29 is 22.0 Å². The van der Waals surface area contributed by atoms with Gasteiger partial charge in [-0.25, -0.2) is 18.7 Å². The fourth-order valence-electron chi connectivity index (χ4n) is 2.10. The molecule has 0 aromatic carbocycles. The molecule has 0 aliphatic rings. The summed E-state index contributed by atoms with van der Waals surface area (Å²) in [5.74, 6) is -2.68. The van der Waals surface area contributed by atoms with E-state index in [0.29, 0.717) is 0 Å². The number of rotatable bonds is 1. The zero-order chi connectivity index (χ0) is 16.1. The van der Waals surface area contributed by atoms with E-state index >= 15 is 0 Å². The Bertz CT molecular complexity index is 869. The second-order valence-electron chi connectivity index (χ2n) is 4.50. The quantitative estimate of drug-likeness (QED) is 0.676. The van der Waals surface area contributed by atoms with Crippen LogP contribution in [0.5, 0.6) is 0 Å². The standard InChI is InChI=1S/C13H7F5N4/c14-5-1-6-7(4-21-12(6)20-3-5)10-8(13(16,17)18)2-9(15)11(19)22-10/h1-4H,(H2,19,22)(H,20,21). The minimum Gasteiger partial charge on any atom is -0.381 e. The van der Waals surface area contributed by atoms with E-state index in [-0.39, 0.29) is 22.7 Å². The third-order valence-corrected chi connectivity index (χ3v) is 3.06. The first kappa shape index (κ1) is 14.2. The highest BCUT2D eigenvalue weighted by Crippen LogP contribution is 2.39. The average molecular weight is 314 g/mol. The van der Waals surface area contributed by atoms with E-state index in [2.05, 4.69) is 15.0 Å². The van der Waals surface area contributed by atoms with Gasteiger partial charge in [0.1, 0.15) is 11.5 Å². The molecule has 0 aliphatic carbocycles. The average Bonchev–Trinajstić information content (AvgIpc) is 2.83. The molecular weight excluding hydrogens is 307 g/mol. The molecule has 0 unspecified atom stereocenters. The van der Waals surface area contributed by atoms with Crippen molar-refractivity contribution in [1.82, 2.24) is 15.0 Å². The molecule has 3 aromatic rings. The minimum atomic E-state index is -4.85. The first-order valence-electron chi connectivity index (χ1n) is 5.93. The van der Waals surface area contributed by atoms with Crippen LogP contribution >= 0.6 is 0 Å². The van der Waals surface area contributed by atoms with Gasteiger partial charge in [-0.15, -0.1) is 0 Å². The lowest BCUT2D eigenvalue weighted by Crippen LogP contribution is -2.11. The molecule has 114 valence electrons. The summed E-state index contributed by atoms with van der Waals surface area (Å²) in [6, 6.07) is 1.28. The van der Waals surface area contributed by atoms with Crippen molar-refractivity contribution in [2.24, 2.45) is 0 Å². The normalized spacial score (nSPS) is 12.0. The molecule has 0 radical (unpaired) electrons. The number of nitrogens with zero attached hydrogens (tertiary/aromatic N) is 2. The molecule has 0 amide bonds. The summed E-state index contributed by atoms with van der Waals surface area (Å²) in [6.07, 6.45) is -2.74. The summed E-state index contributed by atoms with van der Waals surface area (Å²) < 4.78 is 65.9. The van der Waals surface area contributed by atoms with Gasteiger partial charge in [0.2, 0.25) is 0 Å². The number of nitrogen functional groups attached to an aromatic ring is 1. The van der Waals surface area contributed by atoms with Crippen molar-refractivity contribution >= 4 is 16.9 Å². The Morgan fingerprint density at radius 1 is 1.14 bits per heavy atom. The van der Waals surface area contributed by atoms with E-state index in [0.717, 1.165) is 12.3 Å². The summed E-state index contributed by atoms with van der Waals surface area (Å²) in [5, 5.41) is 0.0870. The maximum atomic E-state index is 13.3. The number of H-pyrrole nitrogens is 1. The van der Waals surface area contributed by atoms with Gasteiger partial charge in [-0.05, 0) is 12.1 Å².